The predicted molar refractivity (Wildman–Crippen MR) is 77.4 cm³/mol. The molecule has 0 saturated heterocycles. The number of pyridine rings is 1. The van der Waals surface area contributed by atoms with Crippen molar-refractivity contribution in [1.29, 1.82) is 0 Å². The zero-order chi connectivity index (χ0) is 14.3. The van der Waals surface area contributed by atoms with Gasteiger partial charge in [0.25, 0.3) is 0 Å². The molecular formula is C15H26N2O2. The number of hydrogen-bond acceptors (Lipinski definition) is 4. The van der Waals surface area contributed by atoms with Crippen LogP contribution in [-0.2, 0) is 11.3 Å². The van der Waals surface area contributed by atoms with Crippen molar-refractivity contribution >= 4 is 0 Å². The van der Waals surface area contributed by atoms with E-state index in [1.807, 2.05) is 26.0 Å². The molecule has 4 nitrogen and oxygen atoms in total. The van der Waals surface area contributed by atoms with Gasteiger partial charge in [0.2, 0.25) is 0 Å². The van der Waals surface area contributed by atoms with Crippen molar-refractivity contribution in [2.24, 2.45) is 0 Å². The molecule has 0 aliphatic carbocycles. The zero-order valence-electron chi connectivity index (χ0n) is 12.7. The fourth-order valence-corrected chi connectivity index (χ4v) is 1.44. The van der Waals surface area contributed by atoms with Gasteiger partial charge in [-0.1, -0.05) is 0 Å². The fourth-order valence-electron chi connectivity index (χ4n) is 1.44. The summed E-state index contributed by atoms with van der Waals surface area (Å²) in [6.45, 7) is 12.3. The van der Waals surface area contributed by atoms with Crippen molar-refractivity contribution in [2.75, 3.05) is 13.2 Å². The van der Waals surface area contributed by atoms with E-state index in [0.717, 1.165) is 18.0 Å². The average molecular weight is 266 g/mol. The van der Waals surface area contributed by atoms with Crippen LogP contribution in [0, 0.1) is 0 Å². The quantitative estimate of drug-likeness (QED) is 0.771. The fraction of sp³-hybridized carbons (Fsp3) is 0.667. The van der Waals surface area contributed by atoms with Crippen LogP contribution in [0.5, 0.6) is 5.75 Å². The van der Waals surface area contributed by atoms with E-state index in [-0.39, 0.29) is 11.6 Å². The average Bonchev–Trinajstić information content (AvgIpc) is 2.32. The van der Waals surface area contributed by atoms with Crippen LogP contribution in [0.4, 0.5) is 0 Å². The molecule has 0 radical (unpaired) electrons. The maximum absolute atomic E-state index is 5.64. The molecule has 1 N–H and O–H groups in total. The largest absolute Gasteiger partial charge is 0.491 e. The summed E-state index contributed by atoms with van der Waals surface area (Å²) in [4.78, 5) is 4.33. The number of nitrogens with one attached hydrogen (secondary N) is 1. The molecular weight excluding hydrogens is 240 g/mol. The molecule has 0 saturated carbocycles. The normalized spacial score (nSPS) is 11.9. The van der Waals surface area contributed by atoms with Gasteiger partial charge in [0.1, 0.15) is 12.4 Å². The van der Waals surface area contributed by atoms with Gasteiger partial charge in [0.15, 0.2) is 0 Å². The predicted octanol–water partition coefficient (Wildman–Crippen LogP) is 2.77. The van der Waals surface area contributed by atoms with E-state index in [9.17, 15) is 0 Å². The first kappa shape index (κ1) is 15.9. The molecule has 108 valence electrons. The molecule has 0 aliphatic heterocycles. The molecule has 0 unspecified atom stereocenters. The Balaban J connectivity index is 2.39. The molecule has 0 atom stereocenters. The third-order valence-corrected chi connectivity index (χ3v) is 2.39. The summed E-state index contributed by atoms with van der Waals surface area (Å²) in [6.07, 6.45) is 2.02. The Morgan fingerprint density at radius 3 is 2.63 bits per heavy atom. The number of rotatable bonds is 7. The molecule has 1 aromatic rings. The first-order chi connectivity index (χ1) is 8.87. The van der Waals surface area contributed by atoms with E-state index >= 15 is 0 Å². The highest BCUT2D eigenvalue weighted by Gasteiger charge is 2.09. The minimum atomic E-state index is 0.0870. The molecule has 0 fully saturated rings. The second kappa shape index (κ2) is 7.46. The summed E-state index contributed by atoms with van der Waals surface area (Å²) in [5.41, 5.74) is 1.07. The summed E-state index contributed by atoms with van der Waals surface area (Å²) >= 11 is 0. The highest BCUT2D eigenvalue weighted by Crippen LogP contribution is 2.12. The lowest BCUT2D eigenvalue weighted by atomic mass is 10.1. The van der Waals surface area contributed by atoms with Gasteiger partial charge < -0.3 is 14.8 Å². The zero-order valence-corrected chi connectivity index (χ0v) is 12.7. The third-order valence-electron chi connectivity index (χ3n) is 2.39. The Morgan fingerprint density at radius 2 is 2.00 bits per heavy atom. The van der Waals surface area contributed by atoms with Gasteiger partial charge in [-0.2, -0.15) is 0 Å². The van der Waals surface area contributed by atoms with Crippen molar-refractivity contribution in [3.05, 3.63) is 24.0 Å². The number of ether oxygens (including phenoxy) is 2. The molecule has 0 aliphatic rings. The first-order valence-corrected chi connectivity index (χ1v) is 6.81. The van der Waals surface area contributed by atoms with E-state index in [0.29, 0.717) is 13.2 Å². The number of aromatic nitrogens is 1. The molecule has 1 rings (SSSR count). The van der Waals surface area contributed by atoms with Crippen LogP contribution in [0.1, 0.15) is 40.3 Å². The lowest BCUT2D eigenvalue weighted by Crippen LogP contribution is -2.35. The summed E-state index contributed by atoms with van der Waals surface area (Å²) in [5, 5.41) is 3.40. The van der Waals surface area contributed by atoms with Crippen LogP contribution in [0.3, 0.4) is 0 Å². The second-order valence-electron chi connectivity index (χ2n) is 5.85. The summed E-state index contributed by atoms with van der Waals surface area (Å²) < 4.78 is 11.1. The Bertz CT molecular complexity index is 373. The maximum atomic E-state index is 5.64. The lowest BCUT2D eigenvalue weighted by Gasteiger charge is -2.20. The Kier molecular flexibility index (Phi) is 6.25. The standard InChI is InChI=1S/C15H26N2O2/c1-12(2)18-8-9-19-14-6-7-16-13(10-14)11-17-15(3,4)5/h6-7,10,12,17H,8-9,11H2,1-5H3. The number of hydrogen-bond donors (Lipinski definition) is 1. The van der Waals surface area contributed by atoms with Crippen LogP contribution < -0.4 is 10.1 Å². The van der Waals surface area contributed by atoms with Crippen molar-refractivity contribution in [2.45, 2.75) is 52.8 Å². The minimum absolute atomic E-state index is 0.0870. The van der Waals surface area contributed by atoms with Gasteiger partial charge in [-0.3, -0.25) is 4.98 Å². The van der Waals surface area contributed by atoms with Crippen molar-refractivity contribution in [3.8, 4) is 5.75 Å². The molecule has 0 bridgehead atoms. The van der Waals surface area contributed by atoms with Crippen molar-refractivity contribution < 1.29 is 9.47 Å². The van der Waals surface area contributed by atoms with Crippen LogP contribution in [0.15, 0.2) is 18.3 Å². The van der Waals surface area contributed by atoms with Gasteiger partial charge in [0.05, 0.1) is 18.4 Å². The van der Waals surface area contributed by atoms with E-state index in [4.69, 9.17) is 9.47 Å². The monoisotopic (exact) mass is 266 g/mol. The van der Waals surface area contributed by atoms with E-state index < -0.39 is 0 Å². The smallest absolute Gasteiger partial charge is 0.122 e. The summed E-state index contributed by atoms with van der Waals surface area (Å²) in [5.74, 6) is 0.841. The van der Waals surface area contributed by atoms with Gasteiger partial charge in [-0.05, 0) is 40.7 Å². The topological polar surface area (TPSA) is 43.4 Å². The summed E-state index contributed by atoms with van der Waals surface area (Å²) in [7, 11) is 0. The Hall–Kier alpha value is -1.13. The van der Waals surface area contributed by atoms with E-state index in [1.54, 1.807) is 6.20 Å². The highest BCUT2D eigenvalue weighted by atomic mass is 16.5. The van der Waals surface area contributed by atoms with Crippen molar-refractivity contribution in [1.82, 2.24) is 10.3 Å². The molecule has 0 amide bonds. The van der Waals surface area contributed by atoms with Gasteiger partial charge in [0, 0.05) is 24.3 Å². The van der Waals surface area contributed by atoms with Crippen LogP contribution in [0.25, 0.3) is 0 Å². The molecule has 0 spiro atoms. The molecule has 1 aromatic heterocycles. The van der Waals surface area contributed by atoms with Gasteiger partial charge in [-0.25, -0.2) is 0 Å². The van der Waals surface area contributed by atoms with E-state index in [2.05, 4.69) is 31.1 Å². The first-order valence-electron chi connectivity index (χ1n) is 6.81. The van der Waals surface area contributed by atoms with Crippen LogP contribution in [-0.4, -0.2) is 29.8 Å². The maximum Gasteiger partial charge on any atom is 0.122 e. The Morgan fingerprint density at radius 1 is 1.26 bits per heavy atom. The highest BCUT2D eigenvalue weighted by molar-refractivity contribution is 5.22. The van der Waals surface area contributed by atoms with Gasteiger partial charge in [-0.15, -0.1) is 0 Å². The lowest BCUT2D eigenvalue weighted by molar-refractivity contribution is 0.0552. The van der Waals surface area contributed by atoms with Gasteiger partial charge >= 0.3 is 0 Å². The molecule has 0 aromatic carbocycles. The Labute approximate surface area is 116 Å². The van der Waals surface area contributed by atoms with E-state index in [1.165, 1.54) is 0 Å². The van der Waals surface area contributed by atoms with Crippen LogP contribution >= 0.6 is 0 Å². The molecule has 4 heteroatoms. The molecule has 1 heterocycles. The molecule has 19 heavy (non-hydrogen) atoms. The SMILES string of the molecule is CC(C)OCCOc1ccnc(CNC(C)(C)C)c1. The number of nitrogens with zero attached hydrogens (tertiary/aromatic N) is 1. The van der Waals surface area contributed by atoms with Crippen LogP contribution in [0.2, 0.25) is 0 Å². The second-order valence-corrected chi connectivity index (χ2v) is 5.85. The summed E-state index contributed by atoms with van der Waals surface area (Å²) in [6, 6.07) is 3.84. The minimum Gasteiger partial charge on any atom is -0.491 e. The van der Waals surface area contributed by atoms with Crippen molar-refractivity contribution in [3.63, 3.8) is 0 Å². The third kappa shape index (κ3) is 7.80.